The maximum absolute atomic E-state index is 13.0. The topological polar surface area (TPSA) is 105 Å². The number of anilines is 1. The van der Waals surface area contributed by atoms with E-state index in [2.05, 4.69) is 39.3 Å². The molecule has 2 unspecified atom stereocenters. The van der Waals surface area contributed by atoms with E-state index in [1.807, 2.05) is 6.07 Å². The zero-order chi connectivity index (χ0) is 24.6. The summed E-state index contributed by atoms with van der Waals surface area (Å²) in [4.78, 5) is 41.3. The van der Waals surface area contributed by atoms with Crippen molar-refractivity contribution in [2.75, 3.05) is 12.4 Å². The number of nitrogens with zero attached hydrogens (tertiary/aromatic N) is 2. The molecule has 3 N–H and O–H groups in total. The first-order valence-electron chi connectivity index (χ1n) is 11.8. The van der Waals surface area contributed by atoms with Crippen LogP contribution in [0.1, 0.15) is 62.6 Å². The lowest BCUT2D eigenvalue weighted by Crippen LogP contribution is -2.40. The van der Waals surface area contributed by atoms with Crippen molar-refractivity contribution in [3.8, 4) is 11.1 Å². The summed E-state index contributed by atoms with van der Waals surface area (Å²) in [6, 6.07) is 3.67. The molecular formula is C25H32ClN5O3. The standard InChI is InChI=1S/C25H32ClN5O3/c1-14(32)29-16-7-5-6-15(8-16)23(33)30-22-10-17(19(26)12-28-22)18-9-20(24(34)27-4)31-13-25(2,3)11-21(18)31/h9-10,12,15-16H,5-8,11,13H2,1-4H3,(H,27,34)(H,29,32)(H,28,30,33). The minimum Gasteiger partial charge on any atom is -0.354 e. The van der Waals surface area contributed by atoms with E-state index >= 15 is 0 Å². The molecule has 34 heavy (non-hydrogen) atoms. The zero-order valence-electron chi connectivity index (χ0n) is 20.1. The largest absolute Gasteiger partial charge is 0.354 e. The highest BCUT2D eigenvalue weighted by molar-refractivity contribution is 6.33. The van der Waals surface area contributed by atoms with Gasteiger partial charge in [-0.3, -0.25) is 14.4 Å². The summed E-state index contributed by atoms with van der Waals surface area (Å²) in [5.74, 6) is -0.0924. The van der Waals surface area contributed by atoms with Gasteiger partial charge in [-0.1, -0.05) is 31.9 Å². The summed E-state index contributed by atoms with van der Waals surface area (Å²) in [6.45, 7) is 6.60. The summed E-state index contributed by atoms with van der Waals surface area (Å²) in [5, 5.41) is 9.05. The number of nitrogens with one attached hydrogen (secondary N) is 3. The number of fused-ring (bicyclic) bond motifs is 1. The van der Waals surface area contributed by atoms with E-state index in [-0.39, 0.29) is 35.1 Å². The van der Waals surface area contributed by atoms with Gasteiger partial charge >= 0.3 is 0 Å². The van der Waals surface area contributed by atoms with Crippen LogP contribution < -0.4 is 16.0 Å². The average Bonchev–Trinajstić information content (AvgIpc) is 3.27. The summed E-state index contributed by atoms with van der Waals surface area (Å²) >= 11 is 6.55. The molecule has 0 bridgehead atoms. The summed E-state index contributed by atoms with van der Waals surface area (Å²) in [6.07, 6.45) is 5.51. The van der Waals surface area contributed by atoms with Gasteiger partial charge < -0.3 is 20.5 Å². The molecule has 8 nitrogen and oxygen atoms in total. The fourth-order valence-electron chi connectivity index (χ4n) is 5.23. The second-order valence-corrected chi connectivity index (χ2v) is 10.6. The Hall–Kier alpha value is -2.87. The number of carbonyl (C=O) groups excluding carboxylic acids is 3. The number of rotatable bonds is 5. The number of amides is 3. The highest BCUT2D eigenvalue weighted by Gasteiger charge is 2.35. The van der Waals surface area contributed by atoms with Crippen LogP contribution in [0.5, 0.6) is 0 Å². The van der Waals surface area contributed by atoms with Crippen LogP contribution in [-0.4, -0.2) is 40.4 Å². The quantitative estimate of drug-likeness (QED) is 0.599. The smallest absolute Gasteiger partial charge is 0.267 e. The maximum Gasteiger partial charge on any atom is 0.267 e. The number of carbonyl (C=O) groups is 3. The molecule has 0 aromatic carbocycles. The molecule has 3 heterocycles. The minimum atomic E-state index is -0.189. The number of hydrogen-bond donors (Lipinski definition) is 3. The van der Waals surface area contributed by atoms with E-state index in [0.717, 1.165) is 49.0 Å². The minimum absolute atomic E-state index is 0.0196. The lowest BCUT2D eigenvalue weighted by Gasteiger charge is -2.28. The van der Waals surface area contributed by atoms with Gasteiger partial charge in [-0.15, -0.1) is 0 Å². The highest BCUT2D eigenvalue weighted by Crippen LogP contribution is 2.42. The Morgan fingerprint density at radius 2 is 1.94 bits per heavy atom. The summed E-state index contributed by atoms with van der Waals surface area (Å²) < 4.78 is 2.06. The van der Waals surface area contributed by atoms with E-state index in [0.29, 0.717) is 23.0 Å². The van der Waals surface area contributed by atoms with Crippen LogP contribution in [0.4, 0.5) is 5.82 Å². The summed E-state index contributed by atoms with van der Waals surface area (Å²) in [5.41, 5.74) is 3.30. The normalized spacial score (nSPS) is 21.0. The second-order valence-electron chi connectivity index (χ2n) is 10.2. The first-order valence-corrected chi connectivity index (χ1v) is 12.1. The Bertz CT molecular complexity index is 1140. The Morgan fingerprint density at radius 1 is 1.18 bits per heavy atom. The lowest BCUT2D eigenvalue weighted by atomic mass is 9.85. The van der Waals surface area contributed by atoms with Crippen LogP contribution in [0.25, 0.3) is 11.1 Å². The van der Waals surface area contributed by atoms with Gasteiger partial charge in [-0.25, -0.2) is 4.98 Å². The Morgan fingerprint density at radius 3 is 2.65 bits per heavy atom. The van der Waals surface area contributed by atoms with Gasteiger partial charge in [-0.05, 0) is 43.2 Å². The van der Waals surface area contributed by atoms with Crippen LogP contribution >= 0.6 is 11.6 Å². The monoisotopic (exact) mass is 485 g/mol. The molecule has 4 rings (SSSR count). The second kappa shape index (κ2) is 9.41. The number of halogens is 1. The van der Waals surface area contributed by atoms with Crippen molar-refractivity contribution >= 4 is 35.1 Å². The number of aromatic nitrogens is 2. The molecule has 1 aliphatic carbocycles. The SMILES string of the molecule is CNC(=O)c1cc(-c2cc(NC(=O)C3CCCC(NC(C)=O)C3)ncc2Cl)c2n1CC(C)(C)C2. The van der Waals surface area contributed by atoms with Crippen molar-refractivity contribution in [2.24, 2.45) is 11.3 Å². The molecule has 2 aliphatic rings. The van der Waals surface area contributed by atoms with Crippen molar-refractivity contribution < 1.29 is 14.4 Å². The third-order valence-electron chi connectivity index (χ3n) is 6.75. The van der Waals surface area contributed by atoms with Crippen molar-refractivity contribution in [1.29, 1.82) is 0 Å². The average molecular weight is 486 g/mol. The predicted molar refractivity (Wildman–Crippen MR) is 132 cm³/mol. The molecule has 0 saturated heterocycles. The van der Waals surface area contributed by atoms with Gasteiger partial charge in [0.15, 0.2) is 0 Å². The molecular weight excluding hydrogens is 454 g/mol. The van der Waals surface area contributed by atoms with Gasteiger partial charge in [0.05, 0.1) is 5.02 Å². The molecule has 1 aliphatic heterocycles. The molecule has 2 atom stereocenters. The molecule has 2 aromatic rings. The Kier molecular flexibility index (Phi) is 6.71. The molecule has 1 fully saturated rings. The number of pyridine rings is 1. The fraction of sp³-hybridized carbons (Fsp3) is 0.520. The molecule has 2 aromatic heterocycles. The van der Waals surface area contributed by atoms with Gasteiger partial charge in [0, 0.05) is 55.5 Å². The zero-order valence-corrected chi connectivity index (χ0v) is 20.9. The van der Waals surface area contributed by atoms with E-state index < -0.39 is 0 Å². The molecule has 0 radical (unpaired) electrons. The van der Waals surface area contributed by atoms with Crippen LogP contribution in [0.2, 0.25) is 5.02 Å². The van der Waals surface area contributed by atoms with Crippen LogP contribution in [0.3, 0.4) is 0 Å². The van der Waals surface area contributed by atoms with Crippen molar-refractivity contribution in [1.82, 2.24) is 20.2 Å². The van der Waals surface area contributed by atoms with Gasteiger partial charge in [0.1, 0.15) is 11.5 Å². The molecule has 1 saturated carbocycles. The molecule has 182 valence electrons. The molecule has 0 spiro atoms. The van der Waals surface area contributed by atoms with E-state index in [4.69, 9.17) is 11.6 Å². The van der Waals surface area contributed by atoms with Gasteiger partial charge in [0.2, 0.25) is 11.8 Å². The fourth-order valence-corrected chi connectivity index (χ4v) is 5.44. The first-order chi connectivity index (χ1) is 16.1. The third-order valence-corrected chi connectivity index (χ3v) is 7.05. The Labute approximate surface area is 204 Å². The van der Waals surface area contributed by atoms with Crippen molar-refractivity contribution in [2.45, 2.75) is 65.5 Å². The lowest BCUT2D eigenvalue weighted by molar-refractivity contribution is -0.123. The van der Waals surface area contributed by atoms with Gasteiger partial charge in [-0.2, -0.15) is 0 Å². The third kappa shape index (κ3) is 4.97. The van der Waals surface area contributed by atoms with Crippen LogP contribution in [0, 0.1) is 11.3 Å². The van der Waals surface area contributed by atoms with E-state index in [1.165, 1.54) is 13.1 Å². The van der Waals surface area contributed by atoms with Crippen LogP contribution in [-0.2, 0) is 22.6 Å². The van der Waals surface area contributed by atoms with Gasteiger partial charge in [0.25, 0.3) is 5.91 Å². The highest BCUT2D eigenvalue weighted by atomic mass is 35.5. The summed E-state index contributed by atoms with van der Waals surface area (Å²) in [7, 11) is 1.62. The van der Waals surface area contributed by atoms with E-state index in [9.17, 15) is 14.4 Å². The molecule has 3 amide bonds. The Balaban J connectivity index is 1.60. The maximum atomic E-state index is 13.0. The van der Waals surface area contributed by atoms with E-state index in [1.54, 1.807) is 13.1 Å². The van der Waals surface area contributed by atoms with Crippen LogP contribution in [0.15, 0.2) is 18.3 Å². The number of hydrogen-bond acceptors (Lipinski definition) is 4. The first kappa shape index (κ1) is 24.3. The predicted octanol–water partition coefficient (Wildman–Crippen LogP) is 3.78. The van der Waals surface area contributed by atoms with Crippen molar-refractivity contribution in [3.63, 3.8) is 0 Å². The van der Waals surface area contributed by atoms with Crippen molar-refractivity contribution in [3.05, 3.63) is 34.7 Å². The molecule has 9 heteroatoms.